The highest BCUT2D eigenvalue weighted by Gasteiger charge is 2.42. The molecule has 1 unspecified atom stereocenters. The fraction of sp³-hybridized carbons (Fsp3) is 0.800. The lowest BCUT2D eigenvalue weighted by Crippen LogP contribution is -2.48. The van der Waals surface area contributed by atoms with Gasteiger partial charge in [-0.1, -0.05) is 44.2 Å². The van der Waals surface area contributed by atoms with E-state index in [1.165, 1.54) is 12.8 Å². The van der Waals surface area contributed by atoms with Crippen LogP contribution in [0.1, 0.15) is 63.6 Å². The Labute approximate surface area is 132 Å². The molecule has 1 fully saturated rings. The summed E-state index contributed by atoms with van der Waals surface area (Å²) in [5.74, 6) is 5.91. The summed E-state index contributed by atoms with van der Waals surface area (Å²) in [5.41, 5.74) is 3.61. The quantitative estimate of drug-likeness (QED) is 0.481. The maximum atomic E-state index is 6.40. The lowest BCUT2D eigenvalue weighted by molar-refractivity contribution is -0.0561. The molecule has 0 aliphatic heterocycles. The highest BCUT2D eigenvalue weighted by molar-refractivity contribution is 6.31. The molecule has 0 bridgehead atoms. The van der Waals surface area contributed by atoms with Gasteiger partial charge >= 0.3 is 0 Å². The van der Waals surface area contributed by atoms with Crippen LogP contribution in [0.5, 0.6) is 0 Å². The van der Waals surface area contributed by atoms with Crippen LogP contribution >= 0.6 is 11.6 Å². The molecule has 0 radical (unpaired) electrons. The summed E-state index contributed by atoms with van der Waals surface area (Å²) in [7, 11) is 1.78. The largest absolute Gasteiger partial charge is 0.376 e. The lowest BCUT2D eigenvalue weighted by Gasteiger charge is -2.39. The van der Waals surface area contributed by atoms with Gasteiger partial charge in [0.05, 0.1) is 28.6 Å². The van der Waals surface area contributed by atoms with Crippen molar-refractivity contribution in [3.8, 4) is 0 Å². The topological polar surface area (TPSA) is 65.1 Å². The summed E-state index contributed by atoms with van der Waals surface area (Å²) < 4.78 is 7.94. The molecule has 1 aliphatic rings. The number of rotatable bonds is 6. The van der Waals surface area contributed by atoms with Gasteiger partial charge in [-0.25, -0.2) is 5.43 Å². The first-order valence-electron chi connectivity index (χ1n) is 7.91. The van der Waals surface area contributed by atoms with Crippen LogP contribution in [-0.2, 0) is 11.3 Å². The monoisotopic (exact) mass is 314 g/mol. The second-order valence-corrected chi connectivity index (χ2v) is 6.29. The van der Waals surface area contributed by atoms with E-state index in [-0.39, 0.29) is 11.6 Å². The summed E-state index contributed by atoms with van der Waals surface area (Å²) in [5, 5.41) is 5.05. The molecule has 2 rings (SSSR count). The minimum absolute atomic E-state index is 0.137. The molecule has 0 saturated heterocycles. The third-order valence-electron chi connectivity index (χ3n) is 4.59. The van der Waals surface area contributed by atoms with E-state index in [0.717, 1.165) is 44.3 Å². The predicted molar refractivity (Wildman–Crippen MR) is 85.0 cm³/mol. The normalized spacial score (nSPS) is 20.2. The Morgan fingerprint density at radius 3 is 2.62 bits per heavy atom. The highest BCUT2D eigenvalue weighted by atomic mass is 35.5. The Morgan fingerprint density at radius 1 is 1.43 bits per heavy atom. The molecule has 120 valence electrons. The van der Waals surface area contributed by atoms with Gasteiger partial charge in [0.1, 0.15) is 0 Å². The minimum Gasteiger partial charge on any atom is -0.376 e. The Bertz CT molecular complexity index is 441. The molecule has 5 nitrogen and oxygen atoms in total. The zero-order valence-electron chi connectivity index (χ0n) is 13.1. The van der Waals surface area contributed by atoms with E-state index in [4.69, 9.17) is 22.2 Å². The summed E-state index contributed by atoms with van der Waals surface area (Å²) in [4.78, 5) is 0. The van der Waals surface area contributed by atoms with Gasteiger partial charge in [-0.15, -0.1) is 0 Å². The Balaban J connectivity index is 2.38. The van der Waals surface area contributed by atoms with Crippen LogP contribution in [0.25, 0.3) is 0 Å². The van der Waals surface area contributed by atoms with E-state index in [1.807, 2.05) is 4.68 Å². The number of aromatic nitrogens is 2. The van der Waals surface area contributed by atoms with Crippen molar-refractivity contribution in [2.45, 2.75) is 70.1 Å². The second-order valence-electron chi connectivity index (χ2n) is 5.88. The Morgan fingerprint density at radius 2 is 2.10 bits per heavy atom. The smallest absolute Gasteiger partial charge is 0.0933 e. The van der Waals surface area contributed by atoms with E-state index in [0.29, 0.717) is 5.02 Å². The molecule has 0 aromatic carbocycles. The fourth-order valence-corrected chi connectivity index (χ4v) is 3.72. The number of methoxy groups -OCH3 is 1. The predicted octanol–water partition coefficient (Wildman–Crippen LogP) is 3.19. The number of aryl methyl sites for hydroxylation is 1. The molecule has 1 aromatic heterocycles. The Hall–Kier alpha value is -0.620. The molecule has 1 aromatic rings. The molecule has 1 saturated carbocycles. The van der Waals surface area contributed by atoms with Gasteiger partial charge in [-0.05, 0) is 19.3 Å². The van der Waals surface area contributed by atoms with Gasteiger partial charge in [-0.2, -0.15) is 5.10 Å². The first kappa shape index (κ1) is 16.7. The van der Waals surface area contributed by atoms with E-state index in [2.05, 4.69) is 17.4 Å². The number of nitrogens with two attached hydrogens (primary N) is 1. The van der Waals surface area contributed by atoms with Crippen LogP contribution in [0.2, 0.25) is 5.02 Å². The molecule has 1 aliphatic carbocycles. The molecule has 6 heteroatoms. The maximum absolute atomic E-state index is 6.40. The average Bonchev–Trinajstić information content (AvgIpc) is 2.72. The summed E-state index contributed by atoms with van der Waals surface area (Å²) in [6.45, 7) is 2.96. The van der Waals surface area contributed by atoms with Gasteiger partial charge in [0, 0.05) is 13.7 Å². The highest BCUT2D eigenvalue weighted by Crippen LogP contribution is 2.41. The average molecular weight is 315 g/mol. The standard InChI is InChI=1S/C15H27ClN4O/c1-3-10-20-13(12(16)11-18-20)14(19-17)15(21-2)8-6-4-5-7-9-15/h11,14,19H,3-10,17H2,1-2H3. The zero-order valence-corrected chi connectivity index (χ0v) is 13.8. The Kier molecular flexibility index (Phi) is 6.05. The van der Waals surface area contributed by atoms with Crippen molar-refractivity contribution in [3.63, 3.8) is 0 Å². The number of ether oxygens (including phenoxy) is 1. The van der Waals surface area contributed by atoms with Crippen LogP contribution in [0.3, 0.4) is 0 Å². The number of hydrazine groups is 1. The van der Waals surface area contributed by atoms with Crippen LogP contribution in [0.4, 0.5) is 0 Å². The summed E-state index contributed by atoms with van der Waals surface area (Å²) in [6.07, 6.45) is 9.52. The molecule has 1 atom stereocenters. The molecule has 0 amide bonds. The molecular formula is C15H27ClN4O. The van der Waals surface area contributed by atoms with Gasteiger partial charge < -0.3 is 4.74 Å². The van der Waals surface area contributed by atoms with E-state index in [1.54, 1.807) is 13.3 Å². The van der Waals surface area contributed by atoms with Crippen molar-refractivity contribution < 1.29 is 4.74 Å². The minimum atomic E-state index is -0.305. The number of nitrogens with zero attached hydrogens (tertiary/aromatic N) is 2. The molecule has 1 heterocycles. The maximum Gasteiger partial charge on any atom is 0.0933 e. The van der Waals surface area contributed by atoms with Crippen LogP contribution in [-0.4, -0.2) is 22.5 Å². The molecular weight excluding hydrogens is 288 g/mol. The zero-order chi connectivity index (χ0) is 15.3. The first-order valence-corrected chi connectivity index (χ1v) is 8.28. The third kappa shape index (κ3) is 3.42. The van der Waals surface area contributed by atoms with Crippen molar-refractivity contribution >= 4 is 11.6 Å². The summed E-state index contributed by atoms with van der Waals surface area (Å²) >= 11 is 6.40. The van der Waals surface area contributed by atoms with Crippen LogP contribution in [0.15, 0.2) is 6.20 Å². The van der Waals surface area contributed by atoms with Gasteiger partial charge in [-0.3, -0.25) is 10.5 Å². The van der Waals surface area contributed by atoms with Gasteiger partial charge in [0.15, 0.2) is 0 Å². The number of hydrogen-bond donors (Lipinski definition) is 2. The second kappa shape index (κ2) is 7.58. The van der Waals surface area contributed by atoms with Crippen LogP contribution in [0, 0.1) is 0 Å². The van der Waals surface area contributed by atoms with E-state index < -0.39 is 0 Å². The van der Waals surface area contributed by atoms with Crippen molar-refractivity contribution in [1.82, 2.24) is 15.2 Å². The number of halogens is 1. The molecule has 21 heavy (non-hydrogen) atoms. The first-order chi connectivity index (χ1) is 10.2. The van der Waals surface area contributed by atoms with Crippen molar-refractivity contribution in [1.29, 1.82) is 0 Å². The van der Waals surface area contributed by atoms with Crippen molar-refractivity contribution in [3.05, 3.63) is 16.9 Å². The third-order valence-corrected chi connectivity index (χ3v) is 4.88. The number of nitrogens with one attached hydrogen (secondary N) is 1. The van der Waals surface area contributed by atoms with E-state index in [9.17, 15) is 0 Å². The van der Waals surface area contributed by atoms with Gasteiger partial charge in [0.25, 0.3) is 0 Å². The van der Waals surface area contributed by atoms with Crippen LogP contribution < -0.4 is 11.3 Å². The lowest BCUT2D eigenvalue weighted by atomic mass is 9.84. The summed E-state index contributed by atoms with van der Waals surface area (Å²) in [6, 6.07) is -0.137. The molecule has 0 spiro atoms. The fourth-order valence-electron chi connectivity index (χ4n) is 3.47. The van der Waals surface area contributed by atoms with E-state index >= 15 is 0 Å². The van der Waals surface area contributed by atoms with Crippen molar-refractivity contribution in [2.24, 2.45) is 5.84 Å². The SMILES string of the molecule is CCCn1ncc(Cl)c1C(NN)C1(OC)CCCCCC1. The van der Waals surface area contributed by atoms with Crippen molar-refractivity contribution in [2.75, 3.05) is 7.11 Å². The van der Waals surface area contributed by atoms with Gasteiger partial charge in [0.2, 0.25) is 0 Å². The number of hydrogen-bond acceptors (Lipinski definition) is 4. The molecule has 3 N–H and O–H groups in total.